The Kier molecular flexibility index (Phi) is 6.07. The molecule has 1 aromatic carbocycles. The third-order valence-electron chi connectivity index (χ3n) is 6.50. The van der Waals surface area contributed by atoms with Gasteiger partial charge in [0.05, 0.1) is 24.2 Å². The van der Waals surface area contributed by atoms with Gasteiger partial charge in [-0.15, -0.1) is 0 Å². The Labute approximate surface area is 194 Å². The Balaban J connectivity index is 1.49. The van der Waals surface area contributed by atoms with Gasteiger partial charge in [0.15, 0.2) is 5.65 Å². The summed E-state index contributed by atoms with van der Waals surface area (Å²) in [7, 11) is 1.68. The summed E-state index contributed by atoms with van der Waals surface area (Å²) in [4.78, 5) is 9.71. The van der Waals surface area contributed by atoms with Gasteiger partial charge in [0.25, 0.3) is 0 Å². The van der Waals surface area contributed by atoms with E-state index in [1.54, 1.807) is 11.6 Å². The fourth-order valence-electron chi connectivity index (χ4n) is 4.70. The van der Waals surface area contributed by atoms with E-state index in [0.29, 0.717) is 24.5 Å². The summed E-state index contributed by atoms with van der Waals surface area (Å²) in [5.41, 5.74) is 13.1. The van der Waals surface area contributed by atoms with Crippen molar-refractivity contribution in [1.82, 2.24) is 24.9 Å². The molecule has 1 saturated heterocycles. The Morgan fingerprint density at radius 1 is 1.09 bits per heavy atom. The van der Waals surface area contributed by atoms with Crippen molar-refractivity contribution < 1.29 is 4.74 Å². The number of hydrogen-bond donors (Lipinski definition) is 2. The number of ether oxygens (including phenoxy) is 1. The lowest BCUT2D eigenvalue weighted by Gasteiger charge is -2.16. The normalized spacial score (nSPS) is 18.2. The number of nitrogens with two attached hydrogens (primary N) is 1. The van der Waals surface area contributed by atoms with E-state index in [-0.39, 0.29) is 0 Å². The van der Waals surface area contributed by atoms with Crippen LogP contribution in [0.1, 0.15) is 37.4 Å². The maximum absolute atomic E-state index is 6.55. The molecule has 7 nitrogen and oxygen atoms in total. The molecule has 4 heterocycles. The first kappa shape index (κ1) is 21.6. The molecule has 4 aromatic rings. The highest BCUT2D eigenvalue weighted by Crippen LogP contribution is 2.29. The van der Waals surface area contributed by atoms with E-state index < -0.39 is 0 Å². The number of rotatable bonds is 7. The van der Waals surface area contributed by atoms with Crippen LogP contribution in [0.5, 0.6) is 0 Å². The molecule has 0 saturated carbocycles. The highest BCUT2D eigenvalue weighted by molar-refractivity contribution is 5.79. The van der Waals surface area contributed by atoms with Crippen LogP contribution in [0.15, 0.2) is 54.9 Å². The Hall–Kier alpha value is -3.29. The van der Waals surface area contributed by atoms with Crippen LogP contribution in [0, 0.1) is 0 Å². The fourth-order valence-corrected chi connectivity index (χ4v) is 4.70. The van der Waals surface area contributed by atoms with Gasteiger partial charge >= 0.3 is 0 Å². The van der Waals surface area contributed by atoms with Crippen LogP contribution in [-0.2, 0) is 17.8 Å². The molecule has 0 spiro atoms. The number of nitrogens with one attached hydrogen (secondary N) is 1. The van der Waals surface area contributed by atoms with Crippen molar-refractivity contribution >= 4 is 11.5 Å². The highest BCUT2D eigenvalue weighted by Gasteiger charge is 2.22. The van der Waals surface area contributed by atoms with Crippen LogP contribution < -0.4 is 11.1 Å². The van der Waals surface area contributed by atoms with Crippen LogP contribution in [-0.4, -0.2) is 38.8 Å². The number of benzene rings is 1. The summed E-state index contributed by atoms with van der Waals surface area (Å²) in [5.74, 6) is 0.588. The molecule has 1 aliphatic rings. The van der Waals surface area contributed by atoms with Crippen LogP contribution >= 0.6 is 0 Å². The number of methoxy groups -OCH3 is 1. The topological polar surface area (TPSA) is 90.4 Å². The number of fused-ring (bicyclic) bond motifs is 1. The van der Waals surface area contributed by atoms with Crippen molar-refractivity contribution in [2.45, 2.75) is 51.3 Å². The predicted molar refractivity (Wildman–Crippen MR) is 131 cm³/mol. The molecule has 7 heteroatoms. The van der Waals surface area contributed by atoms with Crippen LogP contribution in [0.25, 0.3) is 28.0 Å². The van der Waals surface area contributed by atoms with Gasteiger partial charge in [0.2, 0.25) is 0 Å². The zero-order chi connectivity index (χ0) is 22.8. The van der Waals surface area contributed by atoms with Gasteiger partial charge in [0.1, 0.15) is 5.82 Å². The van der Waals surface area contributed by atoms with Gasteiger partial charge in [-0.25, -0.2) is 4.98 Å². The van der Waals surface area contributed by atoms with Crippen molar-refractivity contribution in [2.24, 2.45) is 0 Å². The van der Waals surface area contributed by atoms with Gasteiger partial charge < -0.3 is 15.8 Å². The SMILES string of the molecule is COCc1c(CCC2CCC(C)N2)nc2c(-c3ccc(-c4ccccc4)nc3)cnn2c1N. The second-order valence-corrected chi connectivity index (χ2v) is 8.83. The van der Waals surface area contributed by atoms with Crippen molar-refractivity contribution in [1.29, 1.82) is 0 Å². The van der Waals surface area contributed by atoms with E-state index >= 15 is 0 Å². The molecule has 3 aromatic heterocycles. The summed E-state index contributed by atoms with van der Waals surface area (Å²) < 4.78 is 7.16. The Bertz CT molecular complexity index is 1240. The quantitative estimate of drug-likeness (QED) is 0.444. The van der Waals surface area contributed by atoms with Crippen molar-refractivity contribution in [3.8, 4) is 22.4 Å². The maximum Gasteiger partial charge on any atom is 0.165 e. The first-order valence-corrected chi connectivity index (χ1v) is 11.6. The van der Waals surface area contributed by atoms with Crippen LogP contribution in [0.4, 0.5) is 5.82 Å². The molecule has 170 valence electrons. The predicted octanol–water partition coefficient (Wildman–Crippen LogP) is 4.26. The summed E-state index contributed by atoms with van der Waals surface area (Å²) >= 11 is 0. The summed E-state index contributed by atoms with van der Waals surface area (Å²) in [6.45, 7) is 2.66. The molecule has 3 N–H and O–H groups in total. The lowest BCUT2D eigenvalue weighted by Crippen LogP contribution is -2.27. The molecule has 0 aliphatic carbocycles. The maximum atomic E-state index is 6.55. The number of nitrogens with zero attached hydrogens (tertiary/aromatic N) is 4. The Morgan fingerprint density at radius 3 is 2.64 bits per heavy atom. The lowest BCUT2D eigenvalue weighted by atomic mass is 10.0. The number of pyridine rings is 1. The molecule has 0 radical (unpaired) electrons. The minimum atomic E-state index is 0.418. The first-order chi connectivity index (χ1) is 16.1. The summed E-state index contributed by atoms with van der Waals surface area (Å²) in [6, 6.07) is 15.4. The average Bonchev–Trinajstić information content (AvgIpc) is 3.46. The Morgan fingerprint density at radius 2 is 1.94 bits per heavy atom. The average molecular weight is 443 g/mol. The van der Waals surface area contributed by atoms with Crippen LogP contribution in [0.3, 0.4) is 0 Å². The molecule has 5 rings (SSSR count). The smallest absolute Gasteiger partial charge is 0.165 e. The van der Waals surface area contributed by atoms with Gasteiger partial charge in [0, 0.05) is 47.6 Å². The molecular formula is C26H30N6O. The van der Waals surface area contributed by atoms with E-state index in [0.717, 1.165) is 52.1 Å². The van der Waals surface area contributed by atoms with E-state index in [1.165, 1.54) is 12.8 Å². The number of hydrogen-bond acceptors (Lipinski definition) is 6. The van der Waals surface area contributed by atoms with E-state index in [4.69, 9.17) is 15.5 Å². The third kappa shape index (κ3) is 4.34. The number of nitrogen functional groups attached to an aromatic ring is 1. The third-order valence-corrected chi connectivity index (χ3v) is 6.50. The van der Waals surface area contributed by atoms with Gasteiger partial charge in [-0.1, -0.05) is 36.4 Å². The highest BCUT2D eigenvalue weighted by atomic mass is 16.5. The van der Waals surface area contributed by atoms with Crippen molar-refractivity contribution in [3.63, 3.8) is 0 Å². The first-order valence-electron chi connectivity index (χ1n) is 11.6. The second kappa shape index (κ2) is 9.29. The minimum absolute atomic E-state index is 0.418. The van der Waals surface area contributed by atoms with Gasteiger partial charge in [-0.3, -0.25) is 4.98 Å². The van der Waals surface area contributed by atoms with Gasteiger partial charge in [-0.05, 0) is 38.7 Å². The molecule has 0 bridgehead atoms. The number of aromatic nitrogens is 4. The molecule has 0 amide bonds. The molecule has 1 fully saturated rings. The molecular weight excluding hydrogens is 412 g/mol. The van der Waals surface area contributed by atoms with Crippen molar-refractivity contribution in [3.05, 3.63) is 66.1 Å². The zero-order valence-electron chi connectivity index (χ0n) is 19.2. The summed E-state index contributed by atoms with van der Waals surface area (Å²) in [5, 5.41) is 8.20. The van der Waals surface area contributed by atoms with E-state index in [2.05, 4.69) is 40.5 Å². The number of aryl methyl sites for hydroxylation is 1. The van der Waals surface area contributed by atoms with Gasteiger partial charge in [-0.2, -0.15) is 9.61 Å². The minimum Gasteiger partial charge on any atom is -0.383 e. The molecule has 1 aliphatic heterocycles. The monoisotopic (exact) mass is 442 g/mol. The molecule has 2 unspecified atom stereocenters. The van der Waals surface area contributed by atoms with E-state index in [9.17, 15) is 0 Å². The second-order valence-electron chi connectivity index (χ2n) is 8.83. The lowest BCUT2D eigenvalue weighted by molar-refractivity contribution is 0.184. The molecule has 33 heavy (non-hydrogen) atoms. The zero-order valence-corrected chi connectivity index (χ0v) is 19.2. The standard InChI is InChI=1S/C26H30N6O/c1-17-8-10-20(30-17)11-13-24-22(16-33-2)25(27)32-26(31-24)21(15-29-32)19-9-12-23(28-14-19)18-6-4-3-5-7-18/h3-7,9,12,14-15,17,20,30H,8,10-11,13,16,27H2,1-2H3. The molecule has 2 atom stereocenters. The summed E-state index contributed by atoms with van der Waals surface area (Å²) in [6.07, 6.45) is 8.00. The van der Waals surface area contributed by atoms with Crippen LogP contribution in [0.2, 0.25) is 0 Å². The van der Waals surface area contributed by atoms with E-state index in [1.807, 2.05) is 36.7 Å². The van der Waals surface area contributed by atoms with Crippen molar-refractivity contribution in [2.75, 3.05) is 12.8 Å². The largest absolute Gasteiger partial charge is 0.383 e. The fraction of sp³-hybridized carbons (Fsp3) is 0.346. The number of anilines is 1.